The van der Waals surface area contributed by atoms with Crippen molar-refractivity contribution in [3.8, 4) is 17.0 Å². The highest BCUT2D eigenvalue weighted by Crippen LogP contribution is 2.30. The van der Waals surface area contributed by atoms with Gasteiger partial charge in [0, 0.05) is 12.1 Å². The Labute approximate surface area is 98.4 Å². The number of nitrogens with two attached hydrogens (primary N) is 1. The average Bonchev–Trinajstić information content (AvgIpc) is 2.77. The molecule has 0 saturated heterocycles. The number of hydrogen-bond acceptors (Lipinski definition) is 3. The molecule has 0 spiro atoms. The third-order valence-electron chi connectivity index (χ3n) is 2.35. The zero-order chi connectivity index (χ0) is 11.5. The first kappa shape index (κ1) is 11.0. The topological polar surface area (TPSA) is 63.9 Å². The van der Waals surface area contributed by atoms with Crippen LogP contribution in [0.15, 0.2) is 24.5 Å². The number of ether oxygens (including phenoxy) is 1. The molecule has 5 heteroatoms. The fraction of sp³-hybridized carbons (Fsp3) is 0.182. The van der Waals surface area contributed by atoms with Crippen molar-refractivity contribution in [3.05, 3.63) is 35.2 Å². The smallest absolute Gasteiger partial charge is 0.137 e. The maximum Gasteiger partial charge on any atom is 0.137 e. The van der Waals surface area contributed by atoms with Crippen molar-refractivity contribution in [2.24, 2.45) is 5.73 Å². The van der Waals surface area contributed by atoms with Gasteiger partial charge in [0.2, 0.25) is 0 Å². The van der Waals surface area contributed by atoms with E-state index in [1.54, 1.807) is 13.4 Å². The predicted molar refractivity (Wildman–Crippen MR) is 63.5 cm³/mol. The van der Waals surface area contributed by atoms with E-state index < -0.39 is 0 Å². The summed E-state index contributed by atoms with van der Waals surface area (Å²) in [6, 6.07) is 5.53. The highest BCUT2D eigenvalue weighted by Gasteiger charge is 2.09. The summed E-state index contributed by atoms with van der Waals surface area (Å²) >= 11 is 6.05. The molecular formula is C11H12ClN3O. The summed E-state index contributed by atoms with van der Waals surface area (Å²) in [6.07, 6.45) is 1.62. The normalized spacial score (nSPS) is 10.4. The zero-order valence-electron chi connectivity index (χ0n) is 8.83. The van der Waals surface area contributed by atoms with Crippen LogP contribution < -0.4 is 10.5 Å². The lowest BCUT2D eigenvalue weighted by Crippen LogP contribution is -1.98. The monoisotopic (exact) mass is 237 g/mol. The van der Waals surface area contributed by atoms with Crippen LogP contribution in [0.1, 0.15) is 5.69 Å². The number of halogens is 1. The predicted octanol–water partition coefficient (Wildman–Crippen LogP) is 2.20. The Morgan fingerprint density at radius 1 is 1.50 bits per heavy atom. The molecule has 0 bridgehead atoms. The molecule has 3 N–H and O–H groups in total. The fourth-order valence-corrected chi connectivity index (χ4v) is 1.80. The number of nitrogens with one attached hydrogen (secondary N) is 1. The average molecular weight is 238 g/mol. The zero-order valence-corrected chi connectivity index (χ0v) is 9.58. The second kappa shape index (κ2) is 4.55. The molecule has 0 amide bonds. The Kier molecular flexibility index (Phi) is 3.12. The van der Waals surface area contributed by atoms with Crippen molar-refractivity contribution in [1.29, 1.82) is 0 Å². The summed E-state index contributed by atoms with van der Waals surface area (Å²) < 4.78 is 5.09. The van der Waals surface area contributed by atoms with Gasteiger partial charge < -0.3 is 15.5 Å². The first-order valence-corrected chi connectivity index (χ1v) is 5.20. The SMILES string of the molecule is COc1ccc(-c2nc[nH]c2CN)cc1Cl. The first-order chi connectivity index (χ1) is 7.76. The summed E-state index contributed by atoms with van der Waals surface area (Å²) in [5, 5.41) is 0.561. The maximum atomic E-state index is 6.05. The largest absolute Gasteiger partial charge is 0.495 e. The number of imidazole rings is 1. The summed E-state index contributed by atoms with van der Waals surface area (Å²) in [5.74, 6) is 0.648. The molecule has 0 fully saturated rings. The second-order valence-electron chi connectivity index (χ2n) is 3.28. The first-order valence-electron chi connectivity index (χ1n) is 4.82. The van der Waals surface area contributed by atoms with Crippen LogP contribution >= 0.6 is 11.6 Å². The van der Waals surface area contributed by atoms with Crippen molar-refractivity contribution in [3.63, 3.8) is 0 Å². The van der Waals surface area contributed by atoms with Gasteiger partial charge in [-0.1, -0.05) is 11.6 Å². The molecule has 4 nitrogen and oxygen atoms in total. The Balaban J connectivity index is 2.45. The van der Waals surface area contributed by atoms with Crippen LogP contribution in [0.25, 0.3) is 11.3 Å². The van der Waals surface area contributed by atoms with E-state index in [4.69, 9.17) is 22.1 Å². The number of hydrogen-bond donors (Lipinski definition) is 2. The Morgan fingerprint density at radius 2 is 2.31 bits per heavy atom. The van der Waals surface area contributed by atoms with E-state index in [1.165, 1.54) is 0 Å². The molecule has 84 valence electrons. The van der Waals surface area contributed by atoms with Gasteiger partial charge in [0.1, 0.15) is 5.75 Å². The van der Waals surface area contributed by atoms with Crippen molar-refractivity contribution in [2.45, 2.75) is 6.54 Å². The molecule has 2 aromatic rings. The number of methoxy groups -OCH3 is 1. The van der Waals surface area contributed by atoms with Crippen molar-refractivity contribution >= 4 is 11.6 Å². The van der Waals surface area contributed by atoms with Crippen molar-refractivity contribution in [1.82, 2.24) is 9.97 Å². The van der Waals surface area contributed by atoms with E-state index in [1.807, 2.05) is 18.2 Å². The summed E-state index contributed by atoms with van der Waals surface area (Å²) in [5.41, 5.74) is 8.24. The Hall–Kier alpha value is -1.52. The molecule has 1 heterocycles. The van der Waals surface area contributed by atoms with Gasteiger partial charge >= 0.3 is 0 Å². The number of aromatic nitrogens is 2. The highest BCUT2D eigenvalue weighted by molar-refractivity contribution is 6.32. The number of H-pyrrole nitrogens is 1. The van der Waals surface area contributed by atoms with E-state index in [9.17, 15) is 0 Å². The molecule has 0 saturated carbocycles. The van der Waals surface area contributed by atoms with E-state index in [0.717, 1.165) is 17.0 Å². The lowest BCUT2D eigenvalue weighted by molar-refractivity contribution is 0.415. The van der Waals surface area contributed by atoms with Crippen LogP contribution in [-0.4, -0.2) is 17.1 Å². The molecule has 16 heavy (non-hydrogen) atoms. The van der Waals surface area contributed by atoms with E-state index in [0.29, 0.717) is 17.3 Å². The molecular weight excluding hydrogens is 226 g/mol. The lowest BCUT2D eigenvalue weighted by atomic mass is 10.1. The van der Waals surface area contributed by atoms with Crippen molar-refractivity contribution < 1.29 is 4.74 Å². The summed E-state index contributed by atoms with van der Waals surface area (Å²) in [4.78, 5) is 7.21. The lowest BCUT2D eigenvalue weighted by Gasteiger charge is -2.05. The Morgan fingerprint density at radius 3 is 2.94 bits per heavy atom. The minimum Gasteiger partial charge on any atom is -0.495 e. The minimum absolute atomic E-state index is 0.416. The number of nitrogens with zero attached hydrogens (tertiary/aromatic N) is 1. The molecule has 2 rings (SSSR count). The van der Waals surface area contributed by atoms with E-state index in [-0.39, 0.29) is 0 Å². The summed E-state index contributed by atoms with van der Waals surface area (Å²) in [6.45, 7) is 0.416. The van der Waals surface area contributed by atoms with Crippen LogP contribution in [0.2, 0.25) is 5.02 Å². The Bertz CT molecular complexity index is 496. The van der Waals surface area contributed by atoms with Gasteiger partial charge in [0.05, 0.1) is 29.8 Å². The van der Waals surface area contributed by atoms with E-state index >= 15 is 0 Å². The standard InChI is InChI=1S/C11H12ClN3O/c1-16-10-3-2-7(4-8(10)12)11-9(5-13)14-6-15-11/h2-4,6H,5,13H2,1H3,(H,14,15). The molecule has 1 aromatic heterocycles. The van der Waals surface area contributed by atoms with Crippen LogP contribution in [0, 0.1) is 0 Å². The molecule has 0 aliphatic rings. The molecule has 0 unspecified atom stereocenters. The van der Waals surface area contributed by atoms with Crippen LogP contribution in [-0.2, 0) is 6.54 Å². The van der Waals surface area contributed by atoms with Crippen LogP contribution in [0.3, 0.4) is 0 Å². The molecule has 0 aliphatic heterocycles. The van der Waals surface area contributed by atoms with Gasteiger partial charge in [-0.3, -0.25) is 0 Å². The molecule has 1 aromatic carbocycles. The molecule has 0 radical (unpaired) electrons. The van der Waals surface area contributed by atoms with Gasteiger partial charge in [0.15, 0.2) is 0 Å². The number of aromatic amines is 1. The van der Waals surface area contributed by atoms with Crippen molar-refractivity contribution in [2.75, 3.05) is 7.11 Å². The maximum absolute atomic E-state index is 6.05. The summed E-state index contributed by atoms with van der Waals surface area (Å²) in [7, 11) is 1.58. The number of benzene rings is 1. The molecule has 0 aliphatic carbocycles. The van der Waals surface area contributed by atoms with Gasteiger partial charge in [-0.15, -0.1) is 0 Å². The van der Waals surface area contributed by atoms with Gasteiger partial charge in [0.25, 0.3) is 0 Å². The second-order valence-corrected chi connectivity index (χ2v) is 3.69. The van der Waals surface area contributed by atoms with Gasteiger partial charge in [-0.25, -0.2) is 4.98 Å². The third-order valence-corrected chi connectivity index (χ3v) is 2.64. The van der Waals surface area contributed by atoms with E-state index in [2.05, 4.69) is 9.97 Å². The van der Waals surface area contributed by atoms with Gasteiger partial charge in [-0.2, -0.15) is 0 Å². The number of rotatable bonds is 3. The van der Waals surface area contributed by atoms with Crippen LogP contribution in [0.4, 0.5) is 0 Å². The highest BCUT2D eigenvalue weighted by atomic mass is 35.5. The fourth-order valence-electron chi connectivity index (χ4n) is 1.54. The third kappa shape index (κ3) is 1.89. The minimum atomic E-state index is 0.416. The van der Waals surface area contributed by atoms with Crippen LogP contribution in [0.5, 0.6) is 5.75 Å². The van der Waals surface area contributed by atoms with Gasteiger partial charge in [-0.05, 0) is 18.2 Å². The quantitative estimate of drug-likeness (QED) is 0.860. The molecule has 0 atom stereocenters.